The van der Waals surface area contributed by atoms with Crippen molar-refractivity contribution in [2.24, 2.45) is 0 Å². The van der Waals surface area contributed by atoms with Crippen molar-refractivity contribution in [2.75, 3.05) is 0 Å². The van der Waals surface area contributed by atoms with Crippen LogP contribution in [0.4, 0.5) is 0 Å². The van der Waals surface area contributed by atoms with Crippen LogP contribution in [0, 0.1) is 0 Å². The van der Waals surface area contributed by atoms with Gasteiger partial charge in [-0.25, -0.2) is 0 Å². The van der Waals surface area contributed by atoms with Crippen LogP contribution in [0.3, 0.4) is 0 Å². The summed E-state index contributed by atoms with van der Waals surface area (Å²) in [6.45, 7) is 2.26. The second-order valence-electron chi connectivity index (χ2n) is 8.48. The first-order valence-electron chi connectivity index (χ1n) is 11.9. The number of benzene rings is 1. The van der Waals surface area contributed by atoms with Crippen LogP contribution in [0.2, 0.25) is 0 Å². The zero-order valence-electron chi connectivity index (χ0n) is 18.7. The van der Waals surface area contributed by atoms with E-state index in [0.29, 0.717) is 12.0 Å². The Hall–Kier alpha value is 0.366. The van der Waals surface area contributed by atoms with Crippen LogP contribution in [0.1, 0.15) is 115 Å². The molecule has 0 amide bonds. The molecule has 5 nitrogen and oxygen atoms in total. The number of unbranched alkanes of at least 4 members (excludes halogenated alkanes) is 15. The molecule has 0 fully saturated rings. The quantitative estimate of drug-likeness (QED) is 0.0960. The number of rotatable bonds is 18. The van der Waals surface area contributed by atoms with Crippen LogP contribution in [0.15, 0.2) is 17.0 Å². The van der Waals surface area contributed by atoms with Crippen molar-refractivity contribution in [3.8, 4) is 11.5 Å². The Morgan fingerprint density at radius 2 is 1.03 bits per heavy atom. The van der Waals surface area contributed by atoms with Crippen molar-refractivity contribution >= 4 is 61.5 Å². The van der Waals surface area contributed by atoms with Crippen molar-refractivity contribution in [2.45, 2.75) is 121 Å². The maximum absolute atomic E-state index is 11.1. The average Bonchev–Trinajstić information content (AvgIpc) is 2.69. The number of aryl methyl sites for hydroxylation is 1. The van der Waals surface area contributed by atoms with Gasteiger partial charge in [0.25, 0.3) is 10.1 Å². The first-order valence-corrected chi connectivity index (χ1v) is 13.3. The van der Waals surface area contributed by atoms with Gasteiger partial charge in [0.15, 0.2) is 0 Å². The van der Waals surface area contributed by atoms with Gasteiger partial charge in [-0.15, -0.1) is 0 Å². The molecule has 0 saturated carbocycles. The molecule has 0 aliphatic rings. The van der Waals surface area contributed by atoms with E-state index in [9.17, 15) is 18.6 Å². The fourth-order valence-corrected chi connectivity index (χ4v) is 4.46. The summed E-state index contributed by atoms with van der Waals surface area (Å²) in [4.78, 5) is -0.657. The standard InChI is InChI=1S/C24H42O5S.K.H/c1-2-3-4-5-6-7-8-9-10-11-12-13-14-15-16-17-18-21-19-23(26)24(20-22(21)25)30(27,28)29;;/h19-20,25-26H,2-18H2,1H3,(H,27,28,29);;. The van der Waals surface area contributed by atoms with E-state index in [1.807, 2.05) is 0 Å². The molecule has 1 aromatic rings. The number of aromatic hydroxyl groups is 2. The first kappa shape index (κ1) is 31.4. The third-order valence-electron chi connectivity index (χ3n) is 5.74. The van der Waals surface area contributed by atoms with E-state index in [4.69, 9.17) is 4.55 Å². The number of phenolic OH excluding ortho intramolecular Hbond substituents is 2. The van der Waals surface area contributed by atoms with E-state index in [0.717, 1.165) is 25.3 Å². The minimum atomic E-state index is -4.53. The van der Waals surface area contributed by atoms with Crippen molar-refractivity contribution in [1.29, 1.82) is 0 Å². The molecule has 0 aromatic heterocycles. The Kier molecular flexibility index (Phi) is 19.0. The van der Waals surface area contributed by atoms with Crippen molar-refractivity contribution in [3.63, 3.8) is 0 Å². The van der Waals surface area contributed by atoms with E-state index in [1.54, 1.807) is 0 Å². The summed E-state index contributed by atoms with van der Waals surface area (Å²) < 4.78 is 31.2. The number of hydrogen-bond donors (Lipinski definition) is 3. The fourth-order valence-electron chi connectivity index (χ4n) is 3.87. The number of hydrogen-bond acceptors (Lipinski definition) is 4. The van der Waals surface area contributed by atoms with E-state index in [2.05, 4.69) is 6.92 Å². The van der Waals surface area contributed by atoms with Crippen molar-refractivity contribution < 1.29 is 23.2 Å². The molecule has 0 unspecified atom stereocenters. The van der Waals surface area contributed by atoms with Gasteiger partial charge in [-0.3, -0.25) is 4.55 Å². The van der Waals surface area contributed by atoms with Gasteiger partial charge in [-0.1, -0.05) is 103 Å². The van der Waals surface area contributed by atoms with Crippen LogP contribution >= 0.6 is 0 Å². The molecule has 176 valence electrons. The molecule has 0 aliphatic heterocycles. The van der Waals surface area contributed by atoms with Crippen LogP contribution in [0.25, 0.3) is 0 Å². The first-order chi connectivity index (χ1) is 14.4. The summed E-state index contributed by atoms with van der Waals surface area (Å²) in [5.74, 6) is -0.733. The van der Waals surface area contributed by atoms with E-state index in [1.165, 1.54) is 89.5 Å². The van der Waals surface area contributed by atoms with Gasteiger partial charge in [0.2, 0.25) is 0 Å². The summed E-state index contributed by atoms with van der Waals surface area (Å²) in [5.41, 5.74) is 0.505. The van der Waals surface area contributed by atoms with Gasteiger partial charge in [0.05, 0.1) is 0 Å². The average molecular weight is 483 g/mol. The van der Waals surface area contributed by atoms with Gasteiger partial charge in [0.1, 0.15) is 16.4 Å². The Labute approximate surface area is 232 Å². The monoisotopic (exact) mass is 482 g/mol. The third kappa shape index (κ3) is 15.0. The normalized spacial score (nSPS) is 11.4. The van der Waals surface area contributed by atoms with E-state index < -0.39 is 20.8 Å². The minimum absolute atomic E-state index is 0. The molecule has 0 aliphatic carbocycles. The molecule has 0 atom stereocenters. The van der Waals surface area contributed by atoms with Crippen LogP contribution < -0.4 is 0 Å². The number of phenols is 2. The topological polar surface area (TPSA) is 94.8 Å². The summed E-state index contributed by atoms with van der Waals surface area (Å²) in [5, 5.41) is 19.7. The Morgan fingerprint density at radius 1 is 0.645 bits per heavy atom. The van der Waals surface area contributed by atoms with Gasteiger partial charge >= 0.3 is 51.4 Å². The zero-order chi connectivity index (χ0) is 22.2. The molecule has 1 rings (SSSR count). The second kappa shape index (κ2) is 18.8. The molecule has 0 saturated heterocycles. The van der Waals surface area contributed by atoms with Crippen molar-refractivity contribution in [3.05, 3.63) is 17.7 Å². The van der Waals surface area contributed by atoms with E-state index in [-0.39, 0.29) is 57.1 Å². The van der Waals surface area contributed by atoms with Crippen molar-refractivity contribution in [1.82, 2.24) is 0 Å². The molecular weight excluding hydrogens is 439 g/mol. The van der Waals surface area contributed by atoms with Gasteiger partial charge < -0.3 is 10.2 Å². The SMILES string of the molecule is CCCCCCCCCCCCCCCCCCc1cc(O)c(S(=O)(=O)O)cc1O.[KH]. The molecule has 31 heavy (non-hydrogen) atoms. The molecule has 0 radical (unpaired) electrons. The molecule has 3 N–H and O–H groups in total. The summed E-state index contributed by atoms with van der Waals surface area (Å²) in [6, 6.07) is 2.14. The molecule has 7 heteroatoms. The maximum atomic E-state index is 11.1. The van der Waals surface area contributed by atoms with E-state index >= 15 is 0 Å². The summed E-state index contributed by atoms with van der Waals surface area (Å²) in [6.07, 6.45) is 21.2. The van der Waals surface area contributed by atoms with Crippen LogP contribution in [0.5, 0.6) is 11.5 Å². The second-order valence-corrected chi connectivity index (χ2v) is 9.87. The summed E-state index contributed by atoms with van der Waals surface area (Å²) >= 11 is 0. The van der Waals surface area contributed by atoms with Gasteiger partial charge in [0, 0.05) is 6.07 Å². The zero-order valence-corrected chi connectivity index (χ0v) is 19.6. The summed E-state index contributed by atoms with van der Waals surface area (Å²) in [7, 11) is -4.53. The Morgan fingerprint density at radius 3 is 1.42 bits per heavy atom. The molecular formula is C24H43KO5S. The fraction of sp³-hybridized carbons (Fsp3) is 0.750. The third-order valence-corrected chi connectivity index (χ3v) is 6.62. The van der Waals surface area contributed by atoms with Gasteiger partial charge in [-0.2, -0.15) is 8.42 Å². The Bertz CT molecular complexity index is 691. The molecule has 0 heterocycles. The van der Waals surface area contributed by atoms with Crippen LogP contribution in [-0.4, -0.2) is 74.6 Å². The predicted octanol–water partition coefficient (Wildman–Crippen LogP) is 6.50. The molecule has 1 aromatic carbocycles. The molecule has 0 spiro atoms. The van der Waals surface area contributed by atoms with Gasteiger partial charge in [-0.05, 0) is 24.5 Å². The predicted molar refractivity (Wildman–Crippen MR) is 130 cm³/mol. The molecule has 0 bridgehead atoms. The van der Waals surface area contributed by atoms with Crippen LogP contribution in [-0.2, 0) is 16.5 Å². The Balaban J connectivity index is 0.00000900.